The fourth-order valence-corrected chi connectivity index (χ4v) is 3.63. The van der Waals surface area contributed by atoms with Gasteiger partial charge in [-0.05, 0) is 65.9 Å². The Kier molecular flexibility index (Phi) is 7.26. The largest absolute Gasteiger partial charge is 0.489 e. The number of ether oxygens (including phenoxy) is 2. The van der Waals surface area contributed by atoms with Crippen molar-refractivity contribution in [2.75, 3.05) is 6.61 Å². The summed E-state index contributed by atoms with van der Waals surface area (Å²) in [5, 5.41) is 1.82. The summed E-state index contributed by atoms with van der Waals surface area (Å²) < 4.78 is 11.2. The third-order valence-electron chi connectivity index (χ3n) is 5.08. The van der Waals surface area contributed by atoms with Crippen molar-refractivity contribution in [3.05, 3.63) is 107 Å². The molecule has 1 N–H and O–H groups in total. The summed E-state index contributed by atoms with van der Waals surface area (Å²) in [6.07, 6.45) is 6.71. The zero-order chi connectivity index (χ0) is 22.2. The summed E-state index contributed by atoms with van der Waals surface area (Å²) in [6, 6.07) is 23.4. The summed E-state index contributed by atoms with van der Waals surface area (Å²) in [5.41, 5.74) is 4.21. The number of rotatable bonds is 9. The van der Waals surface area contributed by atoms with Crippen molar-refractivity contribution < 1.29 is 14.3 Å². The van der Waals surface area contributed by atoms with E-state index in [1.807, 2.05) is 79.0 Å². The fraction of sp³-hybridized carbons (Fsp3) is 0.148. The van der Waals surface area contributed by atoms with Crippen LogP contribution < -0.4 is 4.74 Å². The molecule has 0 atom stereocenters. The van der Waals surface area contributed by atoms with Crippen molar-refractivity contribution >= 4 is 34.5 Å². The van der Waals surface area contributed by atoms with Crippen LogP contribution in [0.1, 0.15) is 23.1 Å². The van der Waals surface area contributed by atoms with E-state index in [-0.39, 0.29) is 5.97 Å². The number of aromatic nitrogens is 1. The summed E-state index contributed by atoms with van der Waals surface area (Å²) in [4.78, 5) is 15.3. The lowest BCUT2D eigenvalue weighted by Crippen LogP contribution is -2.03. The third-order valence-corrected chi connectivity index (χ3v) is 5.32. The Bertz CT molecular complexity index is 1210. The molecule has 0 unspecified atom stereocenters. The van der Waals surface area contributed by atoms with E-state index in [9.17, 15) is 4.79 Å². The molecular formula is C27H24ClNO3. The monoisotopic (exact) mass is 445 g/mol. The Labute approximate surface area is 192 Å². The number of carbonyl (C=O) groups is 1. The molecule has 0 aliphatic heterocycles. The van der Waals surface area contributed by atoms with Crippen LogP contribution in [0.3, 0.4) is 0 Å². The first-order valence-corrected chi connectivity index (χ1v) is 10.9. The number of aromatic amines is 1. The number of esters is 1. The highest BCUT2D eigenvalue weighted by Crippen LogP contribution is 2.23. The zero-order valence-corrected chi connectivity index (χ0v) is 18.3. The lowest BCUT2D eigenvalue weighted by molar-refractivity contribution is -0.137. The van der Waals surface area contributed by atoms with Gasteiger partial charge >= 0.3 is 5.97 Å². The standard InChI is InChI=1S/C27H24ClNO3/c28-23-12-13-26-25(17-23)22(18-29-26)9-5-15-31-27(30)14-11-20-8-4-10-24(16-20)32-19-21-6-2-1-3-7-21/h1-4,6-8,10-14,16-18,29H,5,9,15,19H2/b14-11+. The van der Waals surface area contributed by atoms with Gasteiger partial charge in [-0.15, -0.1) is 0 Å². The molecule has 0 amide bonds. The first-order chi connectivity index (χ1) is 15.7. The van der Waals surface area contributed by atoms with Gasteiger partial charge in [-0.3, -0.25) is 0 Å². The van der Waals surface area contributed by atoms with Gasteiger partial charge in [0.25, 0.3) is 0 Å². The van der Waals surface area contributed by atoms with Gasteiger partial charge in [-0.2, -0.15) is 0 Å². The Morgan fingerprint density at radius 1 is 1.00 bits per heavy atom. The molecule has 4 aromatic rings. The van der Waals surface area contributed by atoms with Crippen LogP contribution in [0.5, 0.6) is 5.75 Å². The van der Waals surface area contributed by atoms with Crippen molar-refractivity contribution in [3.8, 4) is 5.75 Å². The molecule has 32 heavy (non-hydrogen) atoms. The van der Waals surface area contributed by atoms with Crippen LogP contribution in [0.4, 0.5) is 0 Å². The van der Waals surface area contributed by atoms with Gasteiger partial charge in [0.2, 0.25) is 0 Å². The van der Waals surface area contributed by atoms with Gasteiger partial charge in [0.15, 0.2) is 0 Å². The molecule has 0 radical (unpaired) electrons. The van der Waals surface area contributed by atoms with Crippen molar-refractivity contribution in [3.63, 3.8) is 0 Å². The number of H-pyrrole nitrogens is 1. The number of hydrogen-bond acceptors (Lipinski definition) is 3. The zero-order valence-electron chi connectivity index (χ0n) is 17.6. The van der Waals surface area contributed by atoms with Crippen LogP contribution in [-0.4, -0.2) is 17.6 Å². The fourth-order valence-electron chi connectivity index (χ4n) is 3.45. The highest BCUT2D eigenvalue weighted by Gasteiger charge is 2.05. The summed E-state index contributed by atoms with van der Waals surface area (Å²) in [5.74, 6) is 0.394. The van der Waals surface area contributed by atoms with Gasteiger partial charge in [-0.1, -0.05) is 54.1 Å². The first kappa shape index (κ1) is 21.7. The maximum atomic E-state index is 12.1. The Morgan fingerprint density at radius 3 is 2.75 bits per heavy atom. The van der Waals surface area contributed by atoms with Gasteiger partial charge in [-0.25, -0.2) is 4.79 Å². The highest BCUT2D eigenvalue weighted by atomic mass is 35.5. The van der Waals surface area contributed by atoms with Crippen LogP contribution in [-0.2, 0) is 22.6 Å². The summed E-state index contributed by atoms with van der Waals surface area (Å²) in [6.45, 7) is 0.856. The molecule has 4 nitrogen and oxygen atoms in total. The summed E-state index contributed by atoms with van der Waals surface area (Å²) >= 11 is 6.09. The predicted octanol–water partition coefficient (Wildman–Crippen LogP) is 6.59. The molecule has 5 heteroatoms. The van der Waals surface area contributed by atoms with Crippen molar-refractivity contribution in [2.24, 2.45) is 0 Å². The lowest BCUT2D eigenvalue weighted by Gasteiger charge is -2.07. The van der Waals surface area contributed by atoms with Gasteiger partial charge in [0.05, 0.1) is 6.61 Å². The minimum atomic E-state index is -0.359. The van der Waals surface area contributed by atoms with Crippen molar-refractivity contribution in [1.82, 2.24) is 4.98 Å². The van der Waals surface area contributed by atoms with Crippen LogP contribution in [0.2, 0.25) is 5.02 Å². The predicted molar refractivity (Wildman–Crippen MR) is 129 cm³/mol. The quantitative estimate of drug-likeness (QED) is 0.179. The van der Waals surface area contributed by atoms with E-state index in [1.165, 1.54) is 11.6 Å². The number of aryl methyl sites for hydroxylation is 1. The summed E-state index contributed by atoms with van der Waals surface area (Å²) in [7, 11) is 0. The van der Waals surface area contributed by atoms with Crippen LogP contribution in [0, 0.1) is 0 Å². The molecule has 0 saturated heterocycles. The molecule has 0 spiro atoms. The molecule has 1 heterocycles. The average Bonchev–Trinajstić information content (AvgIpc) is 3.22. The smallest absolute Gasteiger partial charge is 0.330 e. The topological polar surface area (TPSA) is 51.3 Å². The van der Waals surface area contributed by atoms with Crippen molar-refractivity contribution in [2.45, 2.75) is 19.4 Å². The molecule has 0 saturated carbocycles. The van der Waals surface area contributed by atoms with Gasteiger partial charge in [0, 0.05) is 28.2 Å². The van der Waals surface area contributed by atoms with Gasteiger partial charge < -0.3 is 14.5 Å². The number of nitrogens with one attached hydrogen (secondary N) is 1. The molecular weight excluding hydrogens is 422 g/mol. The van der Waals surface area contributed by atoms with E-state index in [4.69, 9.17) is 21.1 Å². The number of hydrogen-bond donors (Lipinski definition) is 1. The molecule has 4 rings (SSSR count). The number of benzene rings is 3. The second-order valence-electron chi connectivity index (χ2n) is 7.45. The second kappa shape index (κ2) is 10.7. The number of carbonyl (C=O) groups excluding carboxylic acids is 1. The minimum Gasteiger partial charge on any atom is -0.489 e. The SMILES string of the molecule is O=C(/C=C/c1cccc(OCc2ccccc2)c1)OCCCc1c[nH]c2ccc(Cl)cc12. The molecule has 0 fully saturated rings. The molecule has 3 aromatic carbocycles. The highest BCUT2D eigenvalue weighted by molar-refractivity contribution is 6.31. The number of halogens is 1. The second-order valence-corrected chi connectivity index (χ2v) is 7.89. The van der Waals surface area contributed by atoms with Gasteiger partial charge in [0.1, 0.15) is 12.4 Å². The van der Waals surface area contributed by atoms with Crippen LogP contribution in [0.15, 0.2) is 85.1 Å². The lowest BCUT2D eigenvalue weighted by atomic mass is 10.1. The maximum Gasteiger partial charge on any atom is 0.330 e. The normalized spacial score (nSPS) is 11.2. The molecule has 1 aromatic heterocycles. The Morgan fingerprint density at radius 2 is 1.88 bits per heavy atom. The molecule has 0 bridgehead atoms. The van der Waals surface area contributed by atoms with Crippen molar-refractivity contribution in [1.29, 1.82) is 0 Å². The molecule has 0 aliphatic carbocycles. The molecule has 0 aliphatic rings. The van der Waals surface area contributed by atoms with E-state index in [0.29, 0.717) is 18.2 Å². The number of fused-ring (bicyclic) bond motifs is 1. The Balaban J connectivity index is 1.23. The average molecular weight is 446 g/mol. The van der Waals surface area contributed by atoms with E-state index >= 15 is 0 Å². The molecule has 162 valence electrons. The van der Waals surface area contributed by atoms with E-state index in [1.54, 1.807) is 6.08 Å². The van der Waals surface area contributed by atoms with Crippen LogP contribution in [0.25, 0.3) is 17.0 Å². The maximum absolute atomic E-state index is 12.1. The van der Waals surface area contributed by atoms with E-state index < -0.39 is 0 Å². The minimum absolute atomic E-state index is 0.358. The van der Waals surface area contributed by atoms with Crippen LogP contribution >= 0.6 is 11.6 Å². The third kappa shape index (κ3) is 6.02. The Hall–Kier alpha value is -3.50. The van der Waals surface area contributed by atoms with E-state index in [2.05, 4.69) is 4.98 Å². The van der Waals surface area contributed by atoms with E-state index in [0.717, 1.165) is 40.6 Å². The first-order valence-electron chi connectivity index (χ1n) is 10.5.